The number of amides is 3. The van der Waals surface area contributed by atoms with Crippen LogP contribution in [0.1, 0.15) is 44.9 Å². The second-order valence-corrected chi connectivity index (χ2v) is 7.58. The van der Waals surface area contributed by atoms with Crippen LogP contribution >= 0.6 is 0 Å². The van der Waals surface area contributed by atoms with Gasteiger partial charge in [0.15, 0.2) is 0 Å². The number of fused-ring (bicyclic) bond motifs is 3. The number of rotatable bonds is 4. The summed E-state index contributed by atoms with van der Waals surface area (Å²) in [5.41, 5.74) is 0. The molecule has 0 radical (unpaired) electrons. The van der Waals surface area contributed by atoms with Gasteiger partial charge in [-0.15, -0.1) is 0 Å². The number of hydrogen-bond donors (Lipinski definition) is 1. The maximum Gasteiger partial charge on any atom is 0.233 e. The summed E-state index contributed by atoms with van der Waals surface area (Å²) < 4.78 is 0. The zero-order valence-corrected chi connectivity index (χ0v) is 13.4. The van der Waals surface area contributed by atoms with Gasteiger partial charge in [0.25, 0.3) is 0 Å². The first-order chi connectivity index (χ1) is 11.1. The molecule has 1 saturated heterocycles. The van der Waals surface area contributed by atoms with Crippen molar-refractivity contribution < 1.29 is 14.4 Å². The number of allylic oxidation sites excluding steroid dienone is 2. The third kappa shape index (κ3) is 2.60. The first-order valence-electron chi connectivity index (χ1n) is 8.93. The first-order valence-corrected chi connectivity index (χ1v) is 8.93. The fraction of sp³-hybridized carbons (Fsp3) is 0.722. The van der Waals surface area contributed by atoms with Crippen LogP contribution in [0.15, 0.2) is 12.2 Å². The van der Waals surface area contributed by atoms with Crippen LogP contribution in [-0.2, 0) is 14.4 Å². The van der Waals surface area contributed by atoms with Crippen molar-refractivity contribution in [1.82, 2.24) is 10.2 Å². The van der Waals surface area contributed by atoms with Gasteiger partial charge in [0.1, 0.15) is 0 Å². The van der Waals surface area contributed by atoms with Gasteiger partial charge in [-0.25, -0.2) is 0 Å². The SMILES string of the molecule is O=C(CCN1C(=O)C2CC=CCC2C1=O)NC1CC2CCC1C2. The summed E-state index contributed by atoms with van der Waals surface area (Å²) in [6, 6.07) is 0.318. The number of hydrogen-bond acceptors (Lipinski definition) is 3. The second-order valence-electron chi connectivity index (χ2n) is 7.58. The number of carbonyl (C=O) groups excluding carboxylic acids is 3. The lowest BCUT2D eigenvalue weighted by Crippen LogP contribution is -2.41. The molecule has 1 N–H and O–H groups in total. The number of carbonyl (C=O) groups is 3. The largest absolute Gasteiger partial charge is 0.353 e. The Morgan fingerprint density at radius 3 is 2.35 bits per heavy atom. The number of nitrogens with one attached hydrogen (secondary N) is 1. The summed E-state index contributed by atoms with van der Waals surface area (Å²) in [7, 11) is 0. The van der Waals surface area contributed by atoms with E-state index in [2.05, 4.69) is 5.32 Å². The van der Waals surface area contributed by atoms with Crippen LogP contribution in [0.25, 0.3) is 0 Å². The molecule has 5 nitrogen and oxygen atoms in total. The topological polar surface area (TPSA) is 66.5 Å². The highest BCUT2D eigenvalue weighted by Crippen LogP contribution is 2.44. The monoisotopic (exact) mass is 316 g/mol. The molecule has 2 bridgehead atoms. The van der Waals surface area contributed by atoms with Crippen molar-refractivity contribution in [3.05, 3.63) is 12.2 Å². The Hall–Kier alpha value is -1.65. The van der Waals surface area contributed by atoms with E-state index in [9.17, 15) is 14.4 Å². The summed E-state index contributed by atoms with van der Waals surface area (Å²) in [4.78, 5) is 38.2. The predicted molar refractivity (Wildman–Crippen MR) is 84.1 cm³/mol. The molecule has 2 saturated carbocycles. The summed E-state index contributed by atoms with van der Waals surface area (Å²) in [6.07, 6.45) is 10.4. The van der Waals surface area contributed by atoms with E-state index in [1.54, 1.807) is 0 Å². The standard InChI is InChI=1S/C18H24N2O3/c21-16(19-15-10-11-5-6-12(15)9-11)7-8-20-17(22)13-3-1-2-4-14(13)18(20)23/h1-2,11-15H,3-10H2,(H,19,21). The molecule has 5 heteroatoms. The van der Waals surface area contributed by atoms with Gasteiger partial charge < -0.3 is 5.32 Å². The van der Waals surface area contributed by atoms with Crippen molar-refractivity contribution >= 4 is 17.7 Å². The Morgan fingerprint density at radius 1 is 1.09 bits per heavy atom. The van der Waals surface area contributed by atoms with Gasteiger partial charge in [-0.2, -0.15) is 0 Å². The van der Waals surface area contributed by atoms with E-state index in [0.717, 1.165) is 12.3 Å². The van der Waals surface area contributed by atoms with Crippen molar-refractivity contribution in [1.29, 1.82) is 0 Å². The number of nitrogens with zero attached hydrogens (tertiary/aromatic N) is 1. The molecule has 5 unspecified atom stereocenters. The number of likely N-dealkylation sites (tertiary alicyclic amines) is 1. The molecule has 1 aliphatic heterocycles. The molecule has 0 aromatic heterocycles. The van der Waals surface area contributed by atoms with E-state index < -0.39 is 0 Å². The quantitative estimate of drug-likeness (QED) is 0.633. The van der Waals surface area contributed by atoms with Gasteiger partial charge in [-0.1, -0.05) is 18.6 Å². The Kier molecular flexibility index (Phi) is 3.74. The smallest absolute Gasteiger partial charge is 0.233 e. The van der Waals surface area contributed by atoms with Gasteiger partial charge >= 0.3 is 0 Å². The Morgan fingerprint density at radius 2 is 1.78 bits per heavy atom. The van der Waals surface area contributed by atoms with Gasteiger partial charge in [0.2, 0.25) is 17.7 Å². The average molecular weight is 316 g/mol. The molecular weight excluding hydrogens is 292 g/mol. The lowest BCUT2D eigenvalue weighted by molar-refractivity contribution is -0.140. The molecule has 124 valence electrons. The maximum absolute atomic E-state index is 12.4. The van der Waals surface area contributed by atoms with Crippen LogP contribution < -0.4 is 5.32 Å². The molecule has 0 aromatic rings. The average Bonchev–Trinajstić information content (AvgIpc) is 3.22. The van der Waals surface area contributed by atoms with Crippen molar-refractivity contribution in [3.63, 3.8) is 0 Å². The molecule has 0 spiro atoms. The van der Waals surface area contributed by atoms with Crippen LogP contribution in [0.2, 0.25) is 0 Å². The summed E-state index contributed by atoms with van der Waals surface area (Å²) in [5.74, 6) is 0.864. The third-order valence-corrected chi connectivity index (χ3v) is 6.25. The van der Waals surface area contributed by atoms with E-state index >= 15 is 0 Å². The first kappa shape index (κ1) is 14.9. The Balaban J connectivity index is 1.30. The van der Waals surface area contributed by atoms with Crippen molar-refractivity contribution in [2.45, 2.75) is 51.0 Å². The Labute approximate surface area is 136 Å². The molecule has 3 aliphatic carbocycles. The van der Waals surface area contributed by atoms with Crippen molar-refractivity contribution in [2.24, 2.45) is 23.7 Å². The lowest BCUT2D eigenvalue weighted by Gasteiger charge is -2.23. The minimum absolute atomic E-state index is 0.0175. The molecule has 23 heavy (non-hydrogen) atoms. The molecular formula is C18H24N2O3. The highest BCUT2D eigenvalue weighted by atomic mass is 16.2. The fourth-order valence-corrected chi connectivity index (χ4v) is 5.00. The van der Waals surface area contributed by atoms with E-state index in [4.69, 9.17) is 0 Å². The van der Waals surface area contributed by atoms with Crippen LogP contribution in [0.4, 0.5) is 0 Å². The zero-order chi connectivity index (χ0) is 16.0. The van der Waals surface area contributed by atoms with E-state index in [-0.39, 0.29) is 42.5 Å². The van der Waals surface area contributed by atoms with Gasteiger partial charge in [-0.05, 0) is 43.9 Å². The highest BCUT2D eigenvalue weighted by Gasteiger charge is 2.47. The van der Waals surface area contributed by atoms with Crippen molar-refractivity contribution in [3.8, 4) is 0 Å². The molecule has 4 rings (SSSR count). The second kappa shape index (κ2) is 5.77. The lowest BCUT2D eigenvalue weighted by atomic mass is 9.85. The van der Waals surface area contributed by atoms with Gasteiger partial charge in [0, 0.05) is 19.0 Å². The fourth-order valence-electron chi connectivity index (χ4n) is 5.00. The summed E-state index contributed by atoms with van der Waals surface area (Å²) in [6.45, 7) is 0.233. The maximum atomic E-state index is 12.4. The summed E-state index contributed by atoms with van der Waals surface area (Å²) >= 11 is 0. The molecule has 0 aromatic carbocycles. The van der Waals surface area contributed by atoms with Crippen LogP contribution in [0.5, 0.6) is 0 Å². The molecule has 4 aliphatic rings. The van der Waals surface area contributed by atoms with E-state index in [0.29, 0.717) is 24.8 Å². The summed E-state index contributed by atoms with van der Waals surface area (Å²) in [5, 5.41) is 3.13. The Bertz CT molecular complexity index is 545. The van der Waals surface area contributed by atoms with E-state index in [1.165, 1.54) is 24.2 Å². The zero-order valence-electron chi connectivity index (χ0n) is 13.4. The van der Waals surface area contributed by atoms with Crippen LogP contribution in [-0.4, -0.2) is 35.2 Å². The molecule has 1 heterocycles. The van der Waals surface area contributed by atoms with Gasteiger partial charge in [-0.3, -0.25) is 19.3 Å². The van der Waals surface area contributed by atoms with Crippen molar-refractivity contribution in [2.75, 3.05) is 6.54 Å². The normalized spacial score (nSPS) is 38.3. The molecule has 3 fully saturated rings. The van der Waals surface area contributed by atoms with E-state index in [1.807, 2.05) is 12.2 Å². The van der Waals surface area contributed by atoms with Gasteiger partial charge in [0.05, 0.1) is 11.8 Å². The predicted octanol–water partition coefficient (Wildman–Crippen LogP) is 1.63. The number of imide groups is 1. The van der Waals surface area contributed by atoms with Crippen LogP contribution in [0, 0.1) is 23.7 Å². The minimum Gasteiger partial charge on any atom is -0.353 e. The van der Waals surface area contributed by atoms with Crippen LogP contribution in [0.3, 0.4) is 0 Å². The minimum atomic E-state index is -0.193. The molecule has 5 atom stereocenters. The molecule has 3 amide bonds. The third-order valence-electron chi connectivity index (χ3n) is 6.25. The highest BCUT2D eigenvalue weighted by molar-refractivity contribution is 6.05.